The number of hydrogen-bond donors (Lipinski definition) is 2. The minimum atomic E-state index is -1.42. The third-order valence-corrected chi connectivity index (χ3v) is 3.43. The maximum atomic E-state index is 9.22. The second-order valence-corrected chi connectivity index (χ2v) is 5.26. The van der Waals surface area contributed by atoms with E-state index in [1.807, 2.05) is 25.2 Å². The maximum absolute atomic E-state index is 9.22. The van der Waals surface area contributed by atoms with Gasteiger partial charge in [-0.1, -0.05) is 42.0 Å². The molecular formula is C16H20BNO2. The largest absolute Gasteiger partial charge is 0.488 e. The van der Waals surface area contributed by atoms with Crippen LogP contribution in [0.4, 0.5) is 5.69 Å². The van der Waals surface area contributed by atoms with Gasteiger partial charge in [0, 0.05) is 19.3 Å². The second kappa shape index (κ2) is 6.12. The van der Waals surface area contributed by atoms with Gasteiger partial charge in [0.15, 0.2) is 0 Å². The highest BCUT2D eigenvalue weighted by molar-refractivity contribution is 6.58. The Labute approximate surface area is 120 Å². The van der Waals surface area contributed by atoms with E-state index in [0.717, 1.165) is 12.1 Å². The third kappa shape index (κ3) is 3.41. The summed E-state index contributed by atoms with van der Waals surface area (Å²) >= 11 is 0. The van der Waals surface area contributed by atoms with Crippen LogP contribution in [-0.2, 0) is 6.54 Å². The zero-order chi connectivity index (χ0) is 14.7. The Morgan fingerprint density at radius 1 is 1.05 bits per heavy atom. The number of benzene rings is 2. The van der Waals surface area contributed by atoms with E-state index >= 15 is 0 Å². The van der Waals surface area contributed by atoms with Gasteiger partial charge in [-0.2, -0.15) is 0 Å². The average Bonchev–Trinajstić information content (AvgIpc) is 2.38. The second-order valence-electron chi connectivity index (χ2n) is 5.26. The molecule has 2 rings (SSSR count). The highest BCUT2D eigenvalue weighted by atomic mass is 16.4. The molecule has 2 aromatic rings. The zero-order valence-corrected chi connectivity index (χ0v) is 12.2. The Kier molecular flexibility index (Phi) is 4.48. The smallest absolute Gasteiger partial charge is 0.423 e. The van der Waals surface area contributed by atoms with Gasteiger partial charge in [-0.05, 0) is 36.5 Å². The number of hydrogen-bond acceptors (Lipinski definition) is 3. The number of aryl methyl sites for hydroxylation is 2. The van der Waals surface area contributed by atoms with Gasteiger partial charge in [0.25, 0.3) is 0 Å². The molecule has 0 spiro atoms. The van der Waals surface area contributed by atoms with Crippen molar-refractivity contribution in [3.63, 3.8) is 0 Å². The maximum Gasteiger partial charge on any atom is 0.488 e. The van der Waals surface area contributed by atoms with Gasteiger partial charge in [0.1, 0.15) is 0 Å². The predicted octanol–water partition coefficient (Wildman–Crippen LogP) is 1.62. The fourth-order valence-electron chi connectivity index (χ4n) is 2.44. The van der Waals surface area contributed by atoms with E-state index in [0.29, 0.717) is 5.46 Å². The van der Waals surface area contributed by atoms with Crippen LogP contribution in [0.15, 0.2) is 42.5 Å². The van der Waals surface area contributed by atoms with Crippen molar-refractivity contribution in [2.75, 3.05) is 11.9 Å². The molecule has 4 heteroatoms. The van der Waals surface area contributed by atoms with Crippen molar-refractivity contribution in [3.8, 4) is 0 Å². The summed E-state index contributed by atoms with van der Waals surface area (Å²) in [5, 5.41) is 18.4. The van der Waals surface area contributed by atoms with Crippen molar-refractivity contribution < 1.29 is 10.0 Å². The molecule has 2 aromatic carbocycles. The van der Waals surface area contributed by atoms with E-state index in [1.54, 1.807) is 6.07 Å². The summed E-state index contributed by atoms with van der Waals surface area (Å²) in [5.74, 6) is 0. The SMILES string of the molecule is Cc1ccc(N(C)Cc2cccc(B(O)O)c2)c(C)c1. The monoisotopic (exact) mass is 269 g/mol. The van der Waals surface area contributed by atoms with E-state index in [9.17, 15) is 10.0 Å². The van der Waals surface area contributed by atoms with Gasteiger partial charge in [-0.3, -0.25) is 0 Å². The van der Waals surface area contributed by atoms with Crippen molar-refractivity contribution in [1.82, 2.24) is 0 Å². The van der Waals surface area contributed by atoms with E-state index in [-0.39, 0.29) is 0 Å². The Balaban J connectivity index is 2.19. The fourth-order valence-corrected chi connectivity index (χ4v) is 2.44. The summed E-state index contributed by atoms with van der Waals surface area (Å²) < 4.78 is 0. The molecule has 0 aliphatic rings. The summed E-state index contributed by atoms with van der Waals surface area (Å²) in [6, 6.07) is 13.8. The summed E-state index contributed by atoms with van der Waals surface area (Å²) in [4.78, 5) is 2.16. The van der Waals surface area contributed by atoms with Gasteiger partial charge in [0.2, 0.25) is 0 Å². The van der Waals surface area contributed by atoms with Crippen LogP contribution >= 0.6 is 0 Å². The molecule has 3 nitrogen and oxygen atoms in total. The molecule has 0 atom stereocenters. The first-order valence-electron chi connectivity index (χ1n) is 6.71. The summed E-state index contributed by atoms with van der Waals surface area (Å²) in [6.45, 7) is 4.92. The molecule has 0 heterocycles. The topological polar surface area (TPSA) is 43.7 Å². The summed E-state index contributed by atoms with van der Waals surface area (Å²) in [5.41, 5.74) is 5.26. The minimum Gasteiger partial charge on any atom is -0.423 e. The highest BCUT2D eigenvalue weighted by Crippen LogP contribution is 2.21. The van der Waals surface area contributed by atoms with Crippen LogP contribution in [0.25, 0.3) is 0 Å². The molecular weight excluding hydrogens is 249 g/mol. The lowest BCUT2D eigenvalue weighted by molar-refractivity contribution is 0.425. The Morgan fingerprint density at radius 3 is 2.45 bits per heavy atom. The van der Waals surface area contributed by atoms with Gasteiger partial charge in [-0.25, -0.2) is 0 Å². The molecule has 0 fully saturated rings. The van der Waals surface area contributed by atoms with Crippen molar-refractivity contribution in [1.29, 1.82) is 0 Å². The fraction of sp³-hybridized carbons (Fsp3) is 0.250. The molecule has 0 bridgehead atoms. The van der Waals surface area contributed by atoms with Crippen molar-refractivity contribution >= 4 is 18.3 Å². The molecule has 0 radical (unpaired) electrons. The van der Waals surface area contributed by atoms with Crippen molar-refractivity contribution in [2.24, 2.45) is 0 Å². The molecule has 0 saturated heterocycles. The molecule has 20 heavy (non-hydrogen) atoms. The van der Waals surface area contributed by atoms with E-state index in [1.165, 1.54) is 16.8 Å². The van der Waals surface area contributed by atoms with Crippen LogP contribution in [0.5, 0.6) is 0 Å². The number of rotatable bonds is 4. The first kappa shape index (κ1) is 14.6. The lowest BCUT2D eigenvalue weighted by Gasteiger charge is -2.22. The first-order valence-corrected chi connectivity index (χ1v) is 6.71. The van der Waals surface area contributed by atoms with Crippen molar-refractivity contribution in [2.45, 2.75) is 20.4 Å². The van der Waals surface area contributed by atoms with E-state index in [4.69, 9.17) is 0 Å². The van der Waals surface area contributed by atoms with Crippen molar-refractivity contribution in [3.05, 3.63) is 59.2 Å². The van der Waals surface area contributed by atoms with Gasteiger partial charge in [-0.15, -0.1) is 0 Å². The van der Waals surface area contributed by atoms with E-state index in [2.05, 4.69) is 36.9 Å². The van der Waals surface area contributed by atoms with Crippen LogP contribution in [0.1, 0.15) is 16.7 Å². The highest BCUT2D eigenvalue weighted by Gasteiger charge is 2.12. The van der Waals surface area contributed by atoms with Crippen LogP contribution in [0.3, 0.4) is 0 Å². The van der Waals surface area contributed by atoms with Gasteiger partial charge >= 0.3 is 7.12 Å². The van der Waals surface area contributed by atoms with Crippen LogP contribution in [0.2, 0.25) is 0 Å². The molecule has 2 N–H and O–H groups in total. The van der Waals surface area contributed by atoms with Crippen LogP contribution in [0, 0.1) is 13.8 Å². The Bertz CT molecular complexity index is 599. The van der Waals surface area contributed by atoms with E-state index < -0.39 is 7.12 Å². The zero-order valence-electron chi connectivity index (χ0n) is 12.2. The molecule has 0 unspecified atom stereocenters. The predicted molar refractivity (Wildman–Crippen MR) is 84.3 cm³/mol. The Morgan fingerprint density at radius 2 is 1.80 bits per heavy atom. The first-order chi connectivity index (χ1) is 9.47. The van der Waals surface area contributed by atoms with Crippen LogP contribution in [-0.4, -0.2) is 24.2 Å². The minimum absolute atomic E-state index is 0.525. The normalized spacial score (nSPS) is 10.4. The lowest BCUT2D eigenvalue weighted by atomic mass is 9.79. The quantitative estimate of drug-likeness (QED) is 0.829. The van der Waals surface area contributed by atoms with Gasteiger partial charge < -0.3 is 14.9 Å². The standard InChI is InChI=1S/C16H20BNO2/c1-12-7-8-16(13(2)9-12)18(3)11-14-5-4-6-15(10-14)17(19)20/h4-10,19-20H,11H2,1-3H3. The molecule has 0 aliphatic heterocycles. The van der Waals surface area contributed by atoms with Crippen LogP contribution < -0.4 is 10.4 Å². The molecule has 0 aliphatic carbocycles. The molecule has 0 saturated carbocycles. The number of nitrogens with zero attached hydrogens (tertiary/aromatic N) is 1. The Hall–Kier alpha value is -1.78. The lowest BCUT2D eigenvalue weighted by Crippen LogP contribution is -2.30. The summed E-state index contributed by atoms with van der Waals surface area (Å²) in [6.07, 6.45) is 0. The average molecular weight is 269 g/mol. The number of anilines is 1. The molecule has 104 valence electrons. The van der Waals surface area contributed by atoms with Gasteiger partial charge in [0.05, 0.1) is 0 Å². The molecule has 0 amide bonds. The summed E-state index contributed by atoms with van der Waals surface area (Å²) in [7, 11) is 0.626. The molecule has 0 aromatic heterocycles. The third-order valence-electron chi connectivity index (χ3n) is 3.43.